The highest BCUT2D eigenvalue weighted by atomic mass is 16.6. The number of benzene rings is 1. The number of aromatic nitrogens is 1. The Hall–Kier alpha value is -3.09. The van der Waals surface area contributed by atoms with Gasteiger partial charge in [0, 0.05) is 32.7 Å². The second-order valence-electron chi connectivity index (χ2n) is 6.92. The van der Waals surface area contributed by atoms with Gasteiger partial charge in [0.15, 0.2) is 0 Å². The quantitative estimate of drug-likeness (QED) is 0.729. The van der Waals surface area contributed by atoms with Gasteiger partial charge in [0.25, 0.3) is 5.91 Å². The summed E-state index contributed by atoms with van der Waals surface area (Å²) in [5.41, 5.74) is 2.64. The van der Waals surface area contributed by atoms with Gasteiger partial charge in [-0.05, 0) is 37.5 Å². The fourth-order valence-electron chi connectivity index (χ4n) is 3.30. The maximum atomic E-state index is 12.3. The van der Waals surface area contributed by atoms with E-state index in [-0.39, 0.29) is 12.0 Å². The summed E-state index contributed by atoms with van der Waals surface area (Å²) in [5.74, 6) is -0.156. The number of carbonyl (C=O) groups is 2. The lowest BCUT2D eigenvalue weighted by Crippen LogP contribution is -2.49. The van der Waals surface area contributed by atoms with Crippen LogP contribution in [0.4, 0.5) is 10.5 Å². The minimum atomic E-state index is -0.260. The maximum absolute atomic E-state index is 12.3. The van der Waals surface area contributed by atoms with E-state index in [0.29, 0.717) is 45.0 Å². The highest BCUT2D eigenvalue weighted by Gasteiger charge is 2.22. The molecule has 1 aromatic heterocycles. The van der Waals surface area contributed by atoms with Gasteiger partial charge in [-0.1, -0.05) is 30.3 Å². The zero-order valence-electron chi connectivity index (χ0n) is 16.8. The third-order valence-electron chi connectivity index (χ3n) is 4.92. The van der Waals surface area contributed by atoms with E-state index in [0.717, 1.165) is 18.5 Å². The molecule has 3 rings (SSSR count). The van der Waals surface area contributed by atoms with Gasteiger partial charge in [0.1, 0.15) is 5.69 Å². The molecule has 7 nitrogen and oxygen atoms in total. The molecule has 1 aromatic carbocycles. The Morgan fingerprint density at radius 1 is 1.07 bits per heavy atom. The molecule has 1 fully saturated rings. The normalized spacial score (nSPS) is 13.8. The monoisotopic (exact) mass is 396 g/mol. The van der Waals surface area contributed by atoms with Crippen molar-refractivity contribution < 1.29 is 14.3 Å². The third-order valence-corrected chi connectivity index (χ3v) is 4.92. The van der Waals surface area contributed by atoms with Gasteiger partial charge in [0.2, 0.25) is 0 Å². The van der Waals surface area contributed by atoms with Crippen LogP contribution in [0.5, 0.6) is 0 Å². The average Bonchev–Trinajstić information content (AvgIpc) is 2.78. The van der Waals surface area contributed by atoms with Gasteiger partial charge >= 0.3 is 6.09 Å². The molecule has 29 heavy (non-hydrogen) atoms. The topological polar surface area (TPSA) is 74.8 Å². The van der Waals surface area contributed by atoms with Gasteiger partial charge in [-0.25, -0.2) is 9.78 Å². The molecule has 0 spiro atoms. The molecule has 154 valence electrons. The molecule has 1 saturated heterocycles. The van der Waals surface area contributed by atoms with Crippen LogP contribution in [0.2, 0.25) is 0 Å². The molecule has 0 radical (unpaired) electrons. The Balaban J connectivity index is 1.42. The van der Waals surface area contributed by atoms with E-state index in [2.05, 4.69) is 27.3 Å². The number of nitrogens with zero attached hydrogens (tertiary/aromatic N) is 3. The first-order valence-electron chi connectivity index (χ1n) is 10.1. The van der Waals surface area contributed by atoms with E-state index in [1.54, 1.807) is 24.1 Å². The van der Waals surface area contributed by atoms with E-state index < -0.39 is 0 Å². The Labute approximate surface area is 171 Å². The van der Waals surface area contributed by atoms with Crippen molar-refractivity contribution in [2.24, 2.45) is 0 Å². The van der Waals surface area contributed by atoms with E-state index in [1.165, 1.54) is 5.56 Å². The van der Waals surface area contributed by atoms with Crippen LogP contribution in [0.15, 0.2) is 48.7 Å². The van der Waals surface area contributed by atoms with Crippen LogP contribution in [-0.4, -0.2) is 61.2 Å². The smallest absolute Gasteiger partial charge is 0.409 e. The summed E-state index contributed by atoms with van der Waals surface area (Å²) in [6, 6.07) is 13.9. The van der Waals surface area contributed by atoms with Gasteiger partial charge in [0.05, 0.1) is 18.5 Å². The predicted molar refractivity (Wildman–Crippen MR) is 112 cm³/mol. The summed E-state index contributed by atoms with van der Waals surface area (Å²) >= 11 is 0. The number of amides is 2. The second-order valence-corrected chi connectivity index (χ2v) is 6.92. The number of hydrogen-bond acceptors (Lipinski definition) is 5. The number of hydrogen-bond donors (Lipinski definition) is 1. The first kappa shape index (κ1) is 20.6. The van der Waals surface area contributed by atoms with Crippen molar-refractivity contribution in [3.63, 3.8) is 0 Å². The van der Waals surface area contributed by atoms with E-state index in [9.17, 15) is 9.59 Å². The first-order chi connectivity index (χ1) is 14.2. The molecule has 0 bridgehead atoms. The average molecular weight is 396 g/mol. The molecule has 0 atom stereocenters. The first-order valence-corrected chi connectivity index (χ1v) is 10.1. The van der Waals surface area contributed by atoms with E-state index in [4.69, 9.17) is 4.74 Å². The number of aryl methyl sites for hydroxylation is 1. The number of piperazine rings is 1. The molecule has 2 amide bonds. The SMILES string of the molecule is CCOC(=O)N1CCN(c2ccc(C(=O)NCCCc3ccccc3)nc2)CC1. The summed E-state index contributed by atoms with van der Waals surface area (Å²) in [6.45, 7) is 5.47. The van der Waals surface area contributed by atoms with Gasteiger partial charge in [-0.15, -0.1) is 0 Å². The third kappa shape index (κ3) is 5.94. The van der Waals surface area contributed by atoms with Crippen LogP contribution in [0.25, 0.3) is 0 Å². The molecule has 2 aromatic rings. The summed E-state index contributed by atoms with van der Waals surface area (Å²) in [6.07, 6.45) is 3.28. The van der Waals surface area contributed by atoms with Crippen molar-refractivity contribution in [2.75, 3.05) is 44.2 Å². The van der Waals surface area contributed by atoms with Crippen molar-refractivity contribution in [3.05, 3.63) is 59.9 Å². The van der Waals surface area contributed by atoms with Crippen LogP contribution in [-0.2, 0) is 11.2 Å². The fourth-order valence-corrected chi connectivity index (χ4v) is 3.30. The molecular formula is C22H28N4O3. The minimum absolute atomic E-state index is 0.156. The van der Waals surface area contributed by atoms with Crippen LogP contribution < -0.4 is 10.2 Å². The largest absolute Gasteiger partial charge is 0.450 e. The summed E-state index contributed by atoms with van der Waals surface area (Å²) in [5, 5.41) is 2.93. The molecule has 1 aliphatic rings. The van der Waals surface area contributed by atoms with Crippen molar-refractivity contribution in [2.45, 2.75) is 19.8 Å². The van der Waals surface area contributed by atoms with Crippen LogP contribution >= 0.6 is 0 Å². The summed E-state index contributed by atoms with van der Waals surface area (Å²) in [4.78, 5) is 32.2. The zero-order valence-corrected chi connectivity index (χ0v) is 16.8. The molecule has 2 heterocycles. The number of carbonyl (C=O) groups excluding carboxylic acids is 2. The van der Waals surface area contributed by atoms with Gasteiger partial charge < -0.3 is 19.9 Å². The molecule has 0 saturated carbocycles. The minimum Gasteiger partial charge on any atom is -0.450 e. The number of anilines is 1. The van der Waals surface area contributed by atoms with E-state index in [1.807, 2.05) is 24.3 Å². The predicted octanol–water partition coefficient (Wildman–Crippen LogP) is 2.72. The van der Waals surface area contributed by atoms with Crippen molar-refractivity contribution >= 4 is 17.7 Å². The van der Waals surface area contributed by atoms with Crippen LogP contribution in [0.1, 0.15) is 29.4 Å². The summed E-state index contributed by atoms with van der Waals surface area (Å²) < 4.78 is 5.04. The molecule has 1 N–H and O–H groups in total. The summed E-state index contributed by atoms with van der Waals surface area (Å²) in [7, 11) is 0. The second kappa shape index (κ2) is 10.5. The Bertz CT molecular complexity index is 787. The van der Waals surface area contributed by atoms with Crippen LogP contribution in [0, 0.1) is 0 Å². The fraction of sp³-hybridized carbons (Fsp3) is 0.409. The molecular weight excluding hydrogens is 368 g/mol. The lowest BCUT2D eigenvalue weighted by molar-refractivity contribution is 0.0947. The van der Waals surface area contributed by atoms with Crippen molar-refractivity contribution in [1.82, 2.24) is 15.2 Å². The Morgan fingerprint density at radius 3 is 2.48 bits per heavy atom. The standard InChI is InChI=1S/C22H28N4O3/c1-2-29-22(28)26-15-13-25(14-16-26)19-10-11-20(24-17-19)21(27)23-12-6-9-18-7-4-3-5-8-18/h3-5,7-8,10-11,17H,2,6,9,12-16H2,1H3,(H,23,27). The lowest BCUT2D eigenvalue weighted by Gasteiger charge is -2.35. The lowest BCUT2D eigenvalue weighted by atomic mass is 10.1. The highest BCUT2D eigenvalue weighted by Crippen LogP contribution is 2.16. The molecule has 0 aliphatic carbocycles. The van der Waals surface area contributed by atoms with Crippen molar-refractivity contribution in [1.29, 1.82) is 0 Å². The number of nitrogens with one attached hydrogen (secondary N) is 1. The Kier molecular flexibility index (Phi) is 7.44. The molecule has 7 heteroatoms. The highest BCUT2D eigenvalue weighted by molar-refractivity contribution is 5.92. The zero-order chi connectivity index (χ0) is 20.5. The van der Waals surface area contributed by atoms with Gasteiger partial charge in [-0.2, -0.15) is 0 Å². The van der Waals surface area contributed by atoms with Gasteiger partial charge in [-0.3, -0.25) is 4.79 Å². The number of pyridine rings is 1. The Morgan fingerprint density at radius 2 is 1.83 bits per heavy atom. The molecule has 1 aliphatic heterocycles. The van der Waals surface area contributed by atoms with Crippen molar-refractivity contribution in [3.8, 4) is 0 Å². The maximum Gasteiger partial charge on any atom is 0.409 e. The number of ether oxygens (including phenoxy) is 1. The number of rotatable bonds is 7. The molecule has 0 unspecified atom stereocenters. The van der Waals surface area contributed by atoms with Crippen LogP contribution in [0.3, 0.4) is 0 Å². The van der Waals surface area contributed by atoms with E-state index >= 15 is 0 Å².